The molecule has 92 valence electrons. The molecule has 0 saturated heterocycles. The van der Waals surface area contributed by atoms with Crippen molar-refractivity contribution in [1.29, 1.82) is 0 Å². The number of benzene rings is 1. The van der Waals surface area contributed by atoms with E-state index >= 15 is 0 Å². The summed E-state index contributed by atoms with van der Waals surface area (Å²) < 4.78 is 0. The SMILES string of the molecule is CC(=O)N1CC(C)(C)Nc2cc(C)cc(C)c21. The molecule has 0 aliphatic carbocycles. The van der Waals surface area contributed by atoms with Crippen molar-refractivity contribution in [3.63, 3.8) is 0 Å². The minimum Gasteiger partial charge on any atom is -0.377 e. The van der Waals surface area contributed by atoms with E-state index in [4.69, 9.17) is 0 Å². The Morgan fingerprint density at radius 2 is 2.00 bits per heavy atom. The molecule has 0 spiro atoms. The highest BCUT2D eigenvalue weighted by molar-refractivity contribution is 5.98. The van der Waals surface area contributed by atoms with Gasteiger partial charge >= 0.3 is 0 Å². The molecular weight excluding hydrogens is 212 g/mol. The van der Waals surface area contributed by atoms with Crippen LogP contribution in [0, 0.1) is 13.8 Å². The summed E-state index contributed by atoms with van der Waals surface area (Å²) in [6.07, 6.45) is 0. The number of fused-ring (bicyclic) bond motifs is 1. The zero-order valence-corrected chi connectivity index (χ0v) is 11.2. The molecule has 0 saturated carbocycles. The number of aryl methyl sites for hydroxylation is 2. The minimum atomic E-state index is -0.0844. The molecule has 0 bridgehead atoms. The Morgan fingerprint density at radius 3 is 2.59 bits per heavy atom. The summed E-state index contributed by atoms with van der Waals surface area (Å²) in [5.41, 5.74) is 4.38. The minimum absolute atomic E-state index is 0.0844. The van der Waals surface area contributed by atoms with Crippen molar-refractivity contribution >= 4 is 17.3 Å². The predicted molar refractivity (Wildman–Crippen MR) is 71.6 cm³/mol. The smallest absolute Gasteiger partial charge is 0.224 e. The number of carbonyl (C=O) groups excluding carboxylic acids is 1. The van der Waals surface area contributed by atoms with Crippen LogP contribution in [0.5, 0.6) is 0 Å². The van der Waals surface area contributed by atoms with Crippen LogP contribution < -0.4 is 10.2 Å². The molecule has 1 N–H and O–H groups in total. The maximum absolute atomic E-state index is 11.8. The van der Waals surface area contributed by atoms with E-state index in [-0.39, 0.29) is 11.4 Å². The van der Waals surface area contributed by atoms with Crippen LogP contribution in [0.1, 0.15) is 31.9 Å². The molecule has 0 atom stereocenters. The van der Waals surface area contributed by atoms with Gasteiger partial charge in [0.05, 0.1) is 11.4 Å². The van der Waals surface area contributed by atoms with Crippen molar-refractivity contribution in [2.45, 2.75) is 40.2 Å². The first-order valence-electron chi connectivity index (χ1n) is 5.98. The standard InChI is InChI=1S/C14H20N2O/c1-9-6-10(2)13-12(7-9)15-14(4,5)8-16(13)11(3)17/h6-7,15H,8H2,1-5H3. The van der Waals surface area contributed by atoms with Crippen LogP contribution in [-0.2, 0) is 4.79 Å². The van der Waals surface area contributed by atoms with E-state index in [0.717, 1.165) is 16.9 Å². The van der Waals surface area contributed by atoms with Crippen LogP contribution in [0.2, 0.25) is 0 Å². The third-order valence-corrected chi connectivity index (χ3v) is 3.12. The number of hydrogen-bond acceptors (Lipinski definition) is 2. The van der Waals surface area contributed by atoms with E-state index in [9.17, 15) is 4.79 Å². The molecule has 0 fully saturated rings. The van der Waals surface area contributed by atoms with Gasteiger partial charge < -0.3 is 10.2 Å². The average molecular weight is 232 g/mol. The Labute approximate surface area is 103 Å². The van der Waals surface area contributed by atoms with E-state index in [1.54, 1.807) is 6.92 Å². The van der Waals surface area contributed by atoms with E-state index in [1.165, 1.54) is 5.56 Å². The topological polar surface area (TPSA) is 32.3 Å². The number of anilines is 2. The quantitative estimate of drug-likeness (QED) is 0.746. The van der Waals surface area contributed by atoms with Crippen LogP contribution in [0.15, 0.2) is 12.1 Å². The number of carbonyl (C=O) groups is 1. The number of nitrogens with zero attached hydrogens (tertiary/aromatic N) is 1. The monoisotopic (exact) mass is 232 g/mol. The second kappa shape index (κ2) is 3.76. The second-order valence-corrected chi connectivity index (χ2v) is 5.59. The summed E-state index contributed by atoms with van der Waals surface area (Å²) in [6, 6.07) is 4.23. The van der Waals surface area contributed by atoms with Crippen molar-refractivity contribution in [1.82, 2.24) is 0 Å². The van der Waals surface area contributed by atoms with E-state index in [2.05, 4.69) is 45.1 Å². The van der Waals surface area contributed by atoms with Gasteiger partial charge in [-0.05, 0) is 44.9 Å². The Kier molecular flexibility index (Phi) is 2.64. The molecule has 1 amide bonds. The molecule has 1 aromatic carbocycles. The van der Waals surface area contributed by atoms with Crippen molar-refractivity contribution < 1.29 is 4.79 Å². The van der Waals surface area contributed by atoms with Crippen molar-refractivity contribution in [2.75, 3.05) is 16.8 Å². The lowest BCUT2D eigenvalue weighted by Gasteiger charge is -2.41. The first-order valence-corrected chi connectivity index (χ1v) is 5.98. The summed E-state index contributed by atoms with van der Waals surface area (Å²) in [5, 5.41) is 3.51. The van der Waals surface area contributed by atoms with Gasteiger partial charge in [-0.1, -0.05) is 6.07 Å². The van der Waals surface area contributed by atoms with Crippen LogP contribution in [0.4, 0.5) is 11.4 Å². The van der Waals surface area contributed by atoms with Gasteiger partial charge in [-0.25, -0.2) is 0 Å². The van der Waals surface area contributed by atoms with Crippen molar-refractivity contribution in [3.05, 3.63) is 23.3 Å². The Morgan fingerprint density at radius 1 is 1.35 bits per heavy atom. The molecule has 1 aliphatic rings. The lowest BCUT2D eigenvalue weighted by atomic mass is 9.96. The van der Waals surface area contributed by atoms with Gasteiger partial charge in [-0.2, -0.15) is 0 Å². The van der Waals surface area contributed by atoms with Gasteiger partial charge in [0, 0.05) is 19.0 Å². The lowest BCUT2D eigenvalue weighted by Crippen LogP contribution is -2.50. The first kappa shape index (κ1) is 12.0. The zero-order chi connectivity index (χ0) is 12.8. The number of hydrogen-bond donors (Lipinski definition) is 1. The van der Waals surface area contributed by atoms with Crippen molar-refractivity contribution in [3.8, 4) is 0 Å². The first-order chi connectivity index (χ1) is 7.80. The van der Waals surface area contributed by atoms with Gasteiger partial charge in [0.25, 0.3) is 0 Å². The number of nitrogens with one attached hydrogen (secondary N) is 1. The summed E-state index contributed by atoms with van der Waals surface area (Å²) in [7, 11) is 0. The van der Waals surface area contributed by atoms with Crippen molar-refractivity contribution in [2.24, 2.45) is 0 Å². The molecule has 2 rings (SSSR count). The van der Waals surface area contributed by atoms with Gasteiger partial charge in [0.2, 0.25) is 5.91 Å². The third kappa shape index (κ3) is 2.14. The average Bonchev–Trinajstić information content (AvgIpc) is 2.12. The Bertz CT molecular complexity index is 477. The highest BCUT2D eigenvalue weighted by atomic mass is 16.2. The van der Waals surface area contributed by atoms with Crippen LogP contribution in [-0.4, -0.2) is 18.0 Å². The highest BCUT2D eigenvalue weighted by Crippen LogP contribution is 2.37. The molecule has 1 heterocycles. The molecule has 0 aromatic heterocycles. The highest BCUT2D eigenvalue weighted by Gasteiger charge is 2.32. The summed E-state index contributed by atoms with van der Waals surface area (Å²) >= 11 is 0. The molecule has 3 nitrogen and oxygen atoms in total. The molecule has 0 radical (unpaired) electrons. The largest absolute Gasteiger partial charge is 0.377 e. The Hall–Kier alpha value is -1.51. The fourth-order valence-electron chi connectivity index (χ4n) is 2.56. The number of rotatable bonds is 0. The molecule has 0 unspecified atom stereocenters. The fraction of sp³-hybridized carbons (Fsp3) is 0.500. The normalized spacial score (nSPS) is 17.4. The van der Waals surface area contributed by atoms with Gasteiger partial charge in [-0.3, -0.25) is 4.79 Å². The number of amides is 1. The molecular formula is C14H20N2O. The fourth-order valence-corrected chi connectivity index (χ4v) is 2.56. The molecule has 1 aromatic rings. The summed E-state index contributed by atoms with van der Waals surface area (Å²) in [5.74, 6) is 0.104. The Balaban J connectivity index is 2.60. The maximum Gasteiger partial charge on any atom is 0.224 e. The maximum atomic E-state index is 11.8. The predicted octanol–water partition coefficient (Wildman–Crippen LogP) is 2.86. The molecule has 17 heavy (non-hydrogen) atoms. The van der Waals surface area contributed by atoms with E-state index in [0.29, 0.717) is 6.54 Å². The zero-order valence-electron chi connectivity index (χ0n) is 11.2. The summed E-state index contributed by atoms with van der Waals surface area (Å²) in [4.78, 5) is 13.7. The third-order valence-electron chi connectivity index (χ3n) is 3.12. The lowest BCUT2D eigenvalue weighted by molar-refractivity contribution is -0.116. The molecule has 1 aliphatic heterocycles. The van der Waals surface area contributed by atoms with Gasteiger partial charge in [-0.15, -0.1) is 0 Å². The molecule has 3 heteroatoms. The summed E-state index contributed by atoms with van der Waals surface area (Å²) in [6.45, 7) is 10.7. The van der Waals surface area contributed by atoms with Gasteiger partial charge in [0.1, 0.15) is 0 Å². The van der Waals surface area contributed by atoms with E-state index < -0.39 is 0 Å². The van der Waals surface area contributed by atoms with E-state index in [1.807, 2.05) is 4.90 Å². The van der Waals surface area contributed by atoms with Crippen LogP contribution >= 0.6 is 0 Å². The van der Waals surface area contributed by atoms with Crippen LogP contribution in [0.3, 0.4) is 0 Å². The van der Waals surface area contributed by atoms with Gasteiger partial charge in [0.15, 0.2) is 0 Å². The van der Waals surface area contributed by atoms with Crippen LogP contribution in [0.25, 0.3) is 0 Å². The second-order valence-electron chi connectivity index (χ2n) is 5.59.